The first-order valence-electron chi connectivity index (χ1n) is 9.88. The lowest BCUT2D eigenvalue weighted by atomic mass is 9.97. The fourth-order valence-corrected chi connectivity index (χ4v) is 4.14. The Morgan fingerprint density at radius 3 is 2.73 bits per heavy atom. The SMILES string of the molecule is O=C(CCN1C(=O)c2ccccc2C1c1c[nH]c2ccccc12)Nc1cccnc1. The number of H-pyrrole nitrogens is 1. The van der Waals surface area contributed by atoms with E-state index >= 15 is 0 Å². The van der Waals surface area contributed by atoms with Crippen LogP contribution in [0.5, 0.6) is 0 Å². The molecule has 1 atom stereocenters. The molecule has 0 saturated carbocycles. The van der Waals surface area contributed by atoms with E-state index in [2.05, 4.69) is 21.4 Å². The monoisotopic (exact) mass is 396 g/mol. The van der Waals surface area contributed by atoms with Gasteiger partial charge < -0.3 is 15.2 Å². The third kappa shape index (κ3) is 3.12. The highest BCUT2D eigenvalue weighted by Gasteiger charge is 2.38. The van der Waals surface area contributed by atoms with E-state index in [1.165, 1.54) is 0 Å². The number of fused-ring (bicyclic) bond motifs is 2. The molecule has 0 bridgehead atoms. The summed E-state index contributed by atoms with van der Waals surface area (Å²) < 4.78 is 0. The fraction of sp³-hybridized carbons (Fsp3) is 0.125. The average molecular weight is 396 g/mol. The van der Waals surface area contributed by atoms with Crippen LogP contribution in [0.1, 0.15) is 33.9 Å². The minimum atomic E-state index is -0.226. The highest BCUT2D eigenvalue weighted by atomic mass is 16.2. The Kier molecular flexibility index (Phi) is 4.52. The number of benzene rings is 2. The van der Waals surface area contributed by atoms with Gasteiger partial charge >= 0.3 is 0 Å². The zero-order valence-electron chi connectivity index (χ0n) is 16.2. The second kappa shape index (κ2) is 7.48. The highest BCUT2D eigenvalue weighted by Crippen LogP contribution is 2.41. The topological polar surface area (TPSA) is 78.1 Å². The van der Waals surface area contributed by atoms with Gasteiger partial charge in [-0.05, 0) is 29.8 Å². The number of amides is 2. The Morgan fingerprint density at radius 2 is 1.87 bits per heavy atom. The molecule has 148 valence electrons. The van der Waals surface area contributed by atoms with Crippen molar-refractivity contribution < 1.29 is 9.59 Å². The van der Waals surface area contributed by atoms with E-state index in [1.54, 1.807) is 29.4 Å². The van der Waals surface area contributed by atoms with E-state index in [-0.39, 0.29) is 24.3 Å². The quantitative estimate of drug-likeness (QED) is 0.532. The molecule has 1 aliphatic heterocycles. The maximum Gasteiger partial charge on any atom is 0.255 e. The molecule has 3 heterocycles. The van der Waals surface area contributed by atoms with Gasteiger partial charge in [-0.2, -0.15) is 0 Å². The molecule has 6 nitrogen and oxygen atoms in total. The summed E-state index contributed by atoms with van der Waals surface area (Å²) in [4.78, 5) is 34.8. The predicted molar refractivity (Wildman–Crippen MR) is 115 cm³/mol. The normalized spacial score (nSPS) is 15.4. The number of aromatic nitrogens is 2. The average Bonchev–Trinajstić information content (AvgIpc) is 3.32. The minimum absolute atomic E-state index is 0.0462. The van der Waals surface area contributed by atoms with Crippen LogP contribution in [-0.2, 0) is 4.79 Å². The summed E-state index contributed by atoms with van der Waals surface area (Å²) in [5.41, 5.74) is 4.38. The van der Waals surface area contributed by atoms with Crippen molar-refractivity contribution in [3.8, 4) is 0 Å². The fourth-order valence-electron chi connectivity index (χ4n) is 4.14. The zero-order chi connectivity index (χ0) is 20.5. The van der Waals surface area contributed by atoms with Gasteiger partial charge in [0, 0.05) is 47.4 Å². The summed E-state index contributed by atoms with van der Waals surface area (Å²) in [5.74, 6) is -0.195. The van der Waals surface area contributed by atoms with Crippen LogP contribution in [0.15, 0.2) is 79.3 Å². The van der Waals surface area contributed by atoms with Crippen LogP contribution in [-0.4, -0.2) is 33.2 Å². The van der Waals surface area contributed by atoms with E-state index in [0.717, 1.165) is 22.0 Å². The van der Waals surface area contributed by atoms with Crippen molar-refractivity contribution in [1.82, 2.24) is 14.9 Å². The van der Waals surface area contributed by atoms with E-state index in [1.807, 2.05) is 48.7 Å². The third-order valence-electron chi connectivity index (χ3n) is 5.50. The number of hydrogen-bond acceptors (Lipinski definition) is 3. The predicted octanol–water partition coefficient (Wildman–Crippen LogP) is 4.14. The molecular formula is C24H20N4O2. The van der Waals surface area contributed by atoms with Gasteiger partial charge in [-0.25, -0.2) is 0 Å². The van der Waals surface area contributed by atoms with Crippen molar-refractivity contribution in [2.24, 2.45) is 0 Å². The number of aromatic amines is 1. The van der Waals surface area contributed by atoms with Crippen LogP contribution >= 0.6 is 0 Å². The van der Waals surface area contributed by atoms with E-state index < -0.39 is 0 Å². The number of hydrogen-bond donors (Lipinski definition) is 2. The summed E-state index contributed by atoms with van der Waals surface area (Å²) in [6, 6.07) is 19.1. The van der Waals surface area contributed by atoms with Crippen LogP contribution in [0.3, 0.4) is 0 Å². The molecule has 0 radical (unpaired) electrons. The summed E-state index contributed by atoms with van der Waals surface area (Å²) in [5, 5.41) is 3.92. The molecule has 5 rings (SSSR count). The van der Waals surface area contributed by atoms with Gasteiger partial charge in [0.25, 0.3) is 5.91 Å². The smallest absolute Gasteiger partial charge is 0.255 e. The lowest BCUT2D eigenvalue weighted by molar-refractivity contribution is -0.116. The van der Waals surface area contributed by atoms with E-state index in [4.69, 9.17) is 0 Å². The number of rotatable bonds is 5. The van der Waals surface area contributed by atoms with Gasteiger partial charge in [-0.1, -0.05) is 36.4 Å². The number of carbonyl (C=O) groups is 2. The van der Waals surface area contributed by atoms with Crippen molar-refractivity contribution in [2.75, 3.05) is 11.9 Å². The Balaban J connectivity index is 1.44. The maximum atomic E-state index is 13.2. The number of nitrogens with zero attached hydrogens (tertiary/aromatic N) is 2. The summed E-state index contributed by atoms with van der Waals surface area (Å²) in [7, 11) is 0. The molecule has 0 spiro atoms. The maximum absolute atomic E-state index is 13.2. The number of para-hydroxylation sites is 1. The minimum Gasteiger partial charge on any atom is -0.361 e. The lowest BCUT2D eigenvalue weighted by Gasteiger charge is -2.25. The molecule has 0 aliphatic carbocycles. The van der Waals surface area contributed by atoms with Crippen molar-refractivity contribution >= 4 is 28.4 Å². The van der Waals surface area contributed by atoms with Crippen molar-refractivity contribution in [3.05, 3.63) is 95.9 Å². The van der Waals surface area contributed by atoms with Crippen LogP contribution < -0.4 is 5.32 Å². The van der Waals surface area contributed by atoms with Crippen LogP contribution in [0, 0.1) is 0 Å². The third-order valence-corrected chi connectivity index (χ3v) is 5.50. The van der Waals surface area contributed by atoms with Crippen molar-refractivity contribution in [3.63, 3.8) is 0 Å². The molecule has 2 amide bonds. The first-order chi connectivity index (χ1) is 14.7. The molecule has 0 fully saturated rings. The molecule has 1 unspecified atom stereocenters. The molecule has 2 aromatic carbocycles. The van der Waals surface area contributed by atoms with E-state index in [0.29, 0.717) is 17.8 Å². The summed E-state index contributed by atoms with van der Waals surface area (Å²) in [6.45, 7) is 0.323. The van der Waals surface area contributed by atoms with Gasteiger partial charge in [-0.3, -0.25) is 14.6 Å². The van der Waals surface area contributed by atoms with Gasteiger partial charge in [0.2, 0.25) is 5.91 Å². The van der Waals surface area contributed by atoms with Gasteiger partial charge in [0.05, 0.1) is 17.9 Å². The van der Waals surface area contributed by atoms with Crippen molar-refractivity contribution in [1.29, 1.82) is 0 Å². The van der Waals surface area contributed by atoms with Gasteiger partial charge in [-0.15, -0.1) is 0 Å². The zero-order valence-corrected chi connectivity index (χ0v) is 16.2. The first kappa shape index (κ1) is 18.1. The Bertz CT molecular complexity index is 1230. The van der Waals surface area contributed by atoms with Crippen LogP contribution in [0.2, 0.25) is 0 Å². The summed E-state index contributed by atoms with van der Waals surface area (Å²) >= 11 is 0. The Morgan fingerprint density at radius 1 is 1.03 bits per heavy atom. The second-order valence-corrected chi connectivity index (χ2v) is 7.32. The molecule has 6 heteroatoms. The van der Waals surface area contributed by atoms with E-state index in [9.17, 15) is 9.59 Å². The number of pyridine rings is 1. The second-order valence-electron chi connectivity index (χ2n) is 7.32. The Labute approximate surface area is 173 Å². The molecule has 0 saturated heterocycles. The first-order valence-corrected chi connectivity index (χ1v) is 9.88. The molecule has 2 N–H and O–H groups in total. The van der Waals surface area contributed by atoms with Gasteiger partial charge in [0.15, 0.2) is 0 Å². The molecular weight excluding hydrogens is 376 g/mol. The summed E-state index contributed by atoms with van der Waals surface area (Å²) in [6.07, 6.45) is 5.42. The van der Waals surface area contributed by atoms with Crippen LogP contribution in [0.4, 0.5) is 5.69 Å². The molecule has 30 heavy (non-hydrogen) atoms. The lowest BCUT2D eigenvalue weighted by Crippen LogP contribution is -2.32. The Hall–Kier alpha value is -3.93. The highest BCUT2D eigenvalue weighted by molar-refractivity contribution is 6.01. The molecule has 2 aromatic heterocycles. The van der Waals surface area contributed by atoms with Crippen molar-refractivity contribution in [2.45, 2.75) is 12.5 Å². The largest absolute Gasteiger partial charge is 0.361 e. The molecule has 4 aromatic rings. The number of nitrogens with one attached hydrogen (secondary N) is 2. The van der Waals surface area contributed by atoms with Gasteiger partial charge in [0.1, 0.15) is 0 Å². The number of anilines is 1. The van der Waals surface area contributed by atoms with Crippen LogP contribution in [0.25, 0.3) is 10.9 Å². The standard InChI is InChI=1S/C24H20N4O2/c29-22(27-16-6-5-12-25-14-16)11-13-28-23(18-8-1-2-9-19(18)24(28)30)20-15-26-21-10-4-3-7-17(20)21/h1-10,12,14-15,23,26H,11,13H2,(H,27,29). The number of carbonyl (C=O) groups excluding carboxylic acids is 2. The molecule has 1 aliphatic rings.